The fourth-order valence-electron chi connectivity index (χ4n) is 2.32. The first-order chi connectivity index (χ1) is 11.1. The third-order valence-electron chi connectivity index (χ3n) is 3.34. The Bertz CT molecular complexity index is 895. The van der Waals surface area contributed by atoms with Gasteiger partial charge < -0.3 is 21.9 Å². The van der Waals surface area contributed by atoms with Crippen molar-refractivity contribution in [3.8, 4) is 17.0 Å². The largest absolute Gasteiger partial charge is 0.507 e. The molecule has 3 rings (SSSR count). The molecule has 116 valence electrons. The molecule has 0 saturated heterocycles. The highest BCUT2D eigenvalue weighted by atomic mass is 16.3. The minimum atomic E-state index is -0.301. The first-order valence-corrected chi connectivity index (χ1v) is 6.94. The summed E-state index contributed by atoms with van der Waals surface area (Å²) in [4.78, 5) is 19.9. The van der Waals surface area contributed by atoms with E-state index in [9.17, 15) is 9.90 Å². The van der Waals surface area contributed by atoms with Gasteiger partial charge in [-0.15, -0.1) is 0 Å². The Balaban J connectivity index is 2.21. The van der Waals surface area contributed by atoms with Crippen molar-refractivity contribution in [2.24, 2.45) is 5.73 Å². The highest BCUT2D eigenvalue weighted by Crippen LogP contribution is 2.33. The Kier molecular flexibility index (Phi) is 3.78. The van der Waals surface area contributed by atoms with Crippen LogP contribution >= 0.6 is 0 Å². The number of nitrogens with one attached hydrogen (secondary N) is 1. The summed E-state index contributed by atoms with van der Waals surface area (Å²) in [5, 5.41) is 13.4. The number of phenols is 1. The molecule has 0 unspecified atom stereocenters. The van der Waals surface area contributed by atoms with Gasteiger partial charge in [0.1, 0.15) is 5.75 Å². The molecular formula is C16H15N5O2. The molecule has 0 radical (unpaired) electrons. The summed E-state index contributed by atoms with van der Waals surface area (Å²) in [6.07, 6.45) is 0. The number of nitrogen functional groups attached to an aromatic ring is 1. The Morgan fingerprint density at radius 1 is 1.17 bits per heavy atom. The maximum absolute atomic E-state index is 11.5. The quantitative estimate of drug-likeness (QED) is 0.580. The van der Waals surface area contributed by atoms with Gasteiger partial charge in [0.2, 0.25) is 11.9 Å². The number of phenolic OH excluding ortho intramolecular Hbond substituents is 1. The Morgan fingerprint density at radius 2 is 1.96 bits per heavy atom. The van der Waals surface area contributed by atoms with E-state index in [0.717, 1.165) is 0 Å². The minimum absolute atomic E-state index is 0.0864. The molecule has 0 bridgehead atoms. The Morgan fingerprint density at radius 3 is 2.70 bits per heavy atom. The molecular weight excluding hydrogens is 294 g/mol. The smallest absolute Gasteiger partial charge is 0.238 e. The van der Waals surface area contributed by atoms with E-state index in [1.165, 1.54) is 0 Å². The van der Waals surface area contributed by atoms with Crippen LogP contribution in [0.4, 0.5) is 11.6 Å². The zero-order valence-corrected chi connectivity index (χ0v) is 12.2. The van der Waals surface area contributed by atoms with Crippen LogP contribution in [-0.2, 0) is 4.79 Å². The van der Waals surface area contributed by atoms with Crippen molar-refractivity contribution in [1.29, 1.82) is 0 Å². The van der Waals surface area contributed by atoms with Crippen LogP contribution in [0.5, 0.6) is 5.75 Å². The number of anilines is 2. The SMILES string of the molecule is NCC(=O)Nc1ccc2nc(N)nc(-c3ccccc3O)c2c1. The third kappa shape index (κ3) is 2.90. The Hall–Kier alpha value is -3.19. The van der Waals surface area contributed by atoms with Crippen molar-refractivity contribution in [3.05, 3.63) is 42.5 Å². The van der Waals surface area contributed by atoms with Gasteiger partial charge >= 0.3 is 0 Å². The zero-order valence-electron chi connectivity index (χ0n) is 12.2. The van der Waals surface area contributed by atoms with Gasteiger partial charge in [-0.05, 0) is 30.3 Å². The number of carbonyl (C=O) groups is 1. The fourth-order valence-corrected chi connectivity index (χ4v) is 2.32. The van der Waals surface area contributed by atoms with Crippen LogP contribution < -0.4 is 16.8 Å². The molecule has 1 amide bonds. The second kappa shape index (κ2) is 5.90. The van der Waals surface area contributed by atoms with Gasteiger partial charge in [0.05, 0.1) is 17.8 Å². The fraction of sp³-hybridized carbons (Fsp3) is 0.0625. The average molecular weight is 309 g/mol. The predicted molar refractivity (Wildman–Crippen MR) is 88.7 cm³/mol. The number of carbonyl (C=O) groups excluding carboxylic acids is 1. The molecule has 0 fully saturated rings. The molecule has 7 heteroatoms. The van der Waals surface area contributed by atoms with Crippen LogP contribution in [0.2, 0.25) is 0 Å². The molecule has 0 aliphatic heterocycles. The lowest BCUT2D eigenvalue weighted by molar-refractivity contribution is -0.114. The number of aromatic hydroxyl groups is 1. The van der Waals surface area contributed by atoms with Crippen LogP contribution in [0, 0.1) is 0 Å². The normalized spacial score (nSPS) is 10.7. The van der Waals surface area contributed by atoms with E-state index in [4.69, 9.17) is 11.5 Å². The van der Waals surface area contributed by atoms with Gasteiger partial charge in [0, 0.05) is 16.6 Å². The summed E-state index contributed by atoms with van der Waals surface area (Å²) in [5.74, 6) is -0.109. The molecule has 6 N–H and O–H groups in total. The van der Waals surface area contributed by atoms with E-state index in [1.807, 2.05) is 0 Å². The number of nitrogens with two attached hydrogens (primary N) is 2. The van der Waals surface area contributed by atoms with E-state index in [2.05, 4.69) is 15.3 Å². The van der Waals surface area contributed by atoms with Gasteiger partial charge in [-0.3, -0.25) is 4.79 Å². The molecule has 0 spiro atoms. The van der Waals surface area contributed by atoms with Crippen LogP contribution in [0.15, 0.2) is 42.5 Å². The van der Waals surface area contributed by atoms with Crippen molar-refractivity contribution >= 4 is 28.4 Å². The molecule has 1 heterocycles. The molecule has 1 aromatic heterocycles. The van der Waals surface area contributed by atoms with E-state index in [1.54, 1.807) is 42.5 Å². The van der Waals surface area contributed by atoms with Gasteiger partial charge in [0.15, 0.2) is 0 Å². The van der Waals surface area contributed by atoms with Crippen molar-refractivity contribution in [1.82, 2.24) is 9.97 Å². The summed E-state index contributed by atoms with van der Waals surface area (Å²) in [6.45, 7) is -0.109. The first kappa shape index (κ1) is 14.7. The van der Waals surface area contributed by atoms with E-state index in [-0.39, 0.29) is 24.1 Å². The number of hydrogen-bond acceptors (Lipinski definition) is 6. The van der Waals surface area contributed by atoms with Crippen molar-refractivity contribution in [2.45, 2.75) is 0 Å². The lowest BCUT2D eigenvalue weighted by Crippen LogP contribution is -2.21. The number of amides is 1. The summed E-state index contributed by atoms with van der Waals surface area (Å²) in [7, 11) is 0. The molecule has 3 aromatic rings. The summed E-state index contributed by atoms with van der Waals surface area (Å²) >= 11 is 0. The summed E-state index contributed by atoms with van der Waals surface area (Å²) < 4.78 is 0. The van der Waals surface area contributed by atoms with Crippen LogP contribution in [-0.4, -0.2) is 27.5 Å². The average Bonchev–Trinajstić information content (AvgIpc) is 2.55. The number of rotatable bonds is 3. The van der Waals surface area contributed by atoms with E-state index in [0.29, 0.717) is 27.8 Å². The van der Waals surface area contributed by atoms with Crippen LogP contribution in [0.3, 0.4) is 0 Å². The highest BCUT2D eigenvalue weighted by molar-refractivity contribution is 5.99. The van der Waals surface area contributed by atoms with E-state index < -0.39 is 0 Å². The monoisotopic (exact) mass is 309 g/mol. The topological polar surface area (TPSA) is 127 Å². The van der Waals surface area contributed by atoms with Gasteiger partial charge in [-0.1, -0.05) is 12.1 Å². The van der Waals surface area contributed by atoms with Crippen molar-refractivity contribution in [2.75, 3.05) is 17.6 Å². The molecule has 0 saturated carbocycles. The molecule has 7 nitrogen and oxygen atoms in total. The van der Waals surface area contributed by atoms with Crippen LogP contribution in [0.1, 0.15) is 0 Å². The Labute approximate surface area is 132 Å². The molecule has 2 aromatic carbocycles. The standard InChI is InChI=1S/C16H15N5O2/c17-8-14(23)19-9-5-6-12-11(7-9)15(21-16(18)20-12)10-3-1-2-4-13(10)22/h1-7,22H,8,17H2,(H,19,23)(H2,18,20,21). The van der Waals surface area contributed by atoms with E-state index >= 15 is 0 Å². The molecule has 0 aliphatic carbocycles. The predicted octanol–water partition coefficient (Wildman–Crippen LogP) is 1.48. The summed E-state index contributed by atoms with van der Waals surface area (Å²) in [6, 6.07) is 12.0. The lowest BCUT2D eigenvalue weighted by Gasteiger charge is -2.10. The first-order valence-electron chi connectivity index (χ1n) is 6.94. The van der Waals surface area contributed by atoms with Gasteiger partial charge in [0.25, 0.3) is 0 Å². The maximum atomic E-state index is 11.5. The number of aromatic nitrogens is 2. The second-order valence-corrected chi connectivity index (χ2v) is 4.93. The minimum Gasteiger partial charge on any atom is -0.507 e. The summed E-state index contributed by atoms with van der Waals surface area (Å²) in [5.41, 5.74) is 13.3. The maximum Gasteiger partial charge on any atom is 0.238 e. The number of fused-ring (bicyclic) bond motifs is 1. The molecule has 23 heavy (non-hydrogen) atoms. The van der Waals surface area contributed by atoms with Crippen LogP contribution in [0.25, 0.3) is 22.2 Å². The second-order valence-electron chi connectivity index (χ2n) is 4.93. The third-order valence-corrected chi connectivity index (χ3v) is 3.34. The van der Waals surface area contributed by atoms with Gasteiger partial charge in [-0.25, -0.2) is 9.97 Å². The highest BCUT2D eigenvalue weighted by Gasteiger charge is 2.13. The lowest BCUT2D eigenvalue weighted by atomic mass is 10.0. The van der Waals surface area contributed by atoms with Gasteiger partial charge in [-0.2, -0.15) is 0 Å². The molecule has 0 atom stereocenters. The van der Waals surface area contributed by atoms with Crippen molar-refractivity contribution < 1.29 is 9.90 Å². The van der Waals surface area contributed by atoms with Crippen molar-refractivity contribution in [3.63, 3.8) is 0 Å². The number of benzene rings is 2. The number of nitrogens with zero attached hydrogens (tertiary/aromatic N) is 2. The zero-order chi connectivity index (χ0) is 16.4. The molecule has 0 aliphatic rings. The number of hydrogen-bond donors (Lipinski definition) is 4. The number of para-hydroxylation sites is 1.